The number of nitrogens with zero attached hydrogens (tertiary/aromatic N) is 4. The van der Waals surface area contributed by atoms with Gasteiger partial charge >= 0.3 is 0 Å². The van der Waals surface area contributed by atoms with E-state index >= 15 is 0 Å². The molecule has 0 radical (unpaired) electrons. The molecule has 10 rings (SSSR count). The van der Waals surface area contributed by atoms with Crippen LogP contribution in [0, 0.1) is 0 Å². The molecular weight excluding hydrogens is 669 g/mol. The molecule has 55 heavy (non-hydrogen) atoms. The molecule has 0 atom stereocenters. The highest BCUT2D eigenvalue weighted by molar-refractivity contribution is 6.13. The van der Waals surface area contributed by atoms with Crippen molar-refractivity contribution in [2.24, 2.45) is 0 Å². The quantitative estimate of drug-likeness (QED) is 0.166. The predicted molar refractivity (Wildman–Crippen MR) is 227 cm³/mol. The molecule has 8 aromatic carbocycles. The Bertz CT molecular complexity index is 2950. The zero-order valence-electron chi connectivity index (χ0n) is 29.9. The monoisotopic (exact) mass is 702 g/mol. The number of fused-ring (bicyclic) bond motifs is 3. The Morgan fingerprint density at radius 2 is 0.709 bits per heavy atom. The topological polar surface area (TPSA) is 43.6 Å². The first-order valence-corrected chi connectivity index (χ1v) is 18.5. The SMILES string of the molecule is c1ccc(-c2ccc(-c3nc(-c4ccccc4)nc(-n4c5ccccc5c5cccc(-c6cccc(-c7cccc(-c8ccccc8)c7)c6)c54)n3)cc2)cc1. The van der Waals surface area contributed by atoms with Gasteiger partial charge in [0.2, 0.25) is 5.95 Å². The maximum atomic E-state index is 5.25. The highest BCUT2D eigenvalue weighted by atomic mass is 15.2. The molecule has 258 valence electrons. The molecule has 0 amide bonds. The molecule has 0 aliphatic carbocycles. The van der Waals surface area contributed by atoms with Gasteiger partial charge in [-0.05, 0) is 57.1 Å². The summed E-state index contributed by atoms with van der Waals surface area (Å²) < 4.78 is 2.22. The molecule has 0 saturated carbocycles. The van der Waals surface area contributed by atoms with Gasteiger partial charge in [0.15, 0.2) is 11.6 Å². The van der Waals surface area contributed by atoms with Gasteiger partial charge in [-0.2, -0.15) is 9.97 Å². The molecular formula is C51H34N4. The number of para-hydroxylation sites is 2. The maximum Gasteiger partial charge on any atom is 0.238 e. The second kappa shape index (κ2) is 13.8. The molecule has 2 heterocycles. The summed E-state index contributed by atoms with van der Waals surface area (Å²) in [6.45, 7) is 0. The van der Waals surface area contributed by atoms with Gasteiger partial charge in [-0.25, -0.2) is 4.98 Å². The molecule has 2 aromatic heterocycles. The number of rotatable bonds is 7. The number of hydrogen-bond acceptors (Lipinski definition) is 3. The van der Waals surface area contributed by atoms with E-state index in [2.05, 4.69) is 187 Å². The van der Waals surface area contributed by atoms with Crippen molar-refractivity contribution in [3.8, 4) is 73.2 Å². The Morgan fingerprint density at radius 3 is 1.36 bits per heavy atom. The van der Waals surface area contributed by atoms with E-state index in [-0.39, 0.29) is 0 Å². The second-order valence-corrected chi connectivity index (χ2v) is 13.7. The van der Waals surface area contributed by atoms with E-state index in [1.54, 1.807) is 0 Å². The number of aromatic nitrogens is 4. The van der Waals surface area contributed by atoms with E-state index in [1.165, 1.54) is 22.3 Å². The van der Waals surface area contributed by atoms with E-state index in [1.807, 2.05) is 24.3 Å². The summed E-state index contributed by atoms with van der Waals surface area (Å²) >= 11 is 0. The summed E-state index contributed by atoms with van der Waals surface area (Å²) in [6, 6.07) is 72.3. The van der Waals surface area contributed by atoms with Crippen molar-refractivity contribution < 1.29 is 0 Å². The van der Waals surface area contributed by atoms with Crippen LogP contribution in [0.25, 0.3) is 95.0 Å². The Morgan fingerprint density at radius 1 is 0.291 bits per heavy atom. The van der Waals surface area contributed by atoms with Gasteiger partial charge in [0, 0.05) is 27.5 Å². The van der Waals surface area contributed by atoms with Gasteiger partial charge < -0.3 is 0 Å². The van der Waals surface area contributed by atoms with Crippen molar-refractivity contribution in [1.29, 1.82) is 0 Å². The first kappa shape index (κ1) is 32.2. The Balaban J connectivity index is 1.16. The van der Waals surface area contributed by atoms with Crippen LogP contribution in [-0.2, 0) is 0 Å². The molecule has 0 unspecified atom stereocenters. The summed E-state index contributed by atoms with van der Waals surface area (Å²) in [5.41, 5.74) is 13.2. The normalized spacial score (nSPS) is 11.3. The lowest BCUT2D eigenvalue weighted by molar-refractivity contribution is 0.954. The van der Waals surface area contributed by atoms with E-state index in [4.69, 9.17) is 15.0 Å². The third-order valence-electron chi connectivity index (χ3n) is 10.3. The summed E-state index contributed by atoms with van der Waals surface area (Å²) in [7, 11) is 0. The third kappa shape index (κ3) is 6.06. The largest absolute Gasteiger partial charge is 0.277 e. The smallest absolute Gasteiger partial charge is 0.238 e. The molecule has 0 bridgehead atoms. The first-order valence-electron chi connectivity index (χ1n) is 18.5. The van der Waals surface area contributed by atoms with Crippen LogP contribution in [0.15, 0.2) is 206 Å². The van der Waals surface area contributed by atoms with E-state index in [9.17, 15) is 0 Å². The minimum atomic E-state index is 0.571. The lowest BCUT2D eigenvalue weighted by atomic mass is 9.95. The number of hydrogen-bond donors (Lipinski definition) is 0. The van der Waals surface area contributed by atoms with Gasteiger partial charge in [0.25, 0.3) is 0 Å². The van der Waals surface area contributed by atoms with Crippen molar-refractivity contribution in [1.82, 2.24) is 19.5 Å². The van der Waals surface area contributed by atoms with Gasteiger partial charge in [-0.3, -0.25) is 4.57 Å². The summed E-state index contributed by atoms with van der Waals surface area (Å²) in [5, 5.41) is 2.28. The van der Waals surface area contributed by atoms with Crippen molar-refractivity contribution in [3.05, 3.63) is 206 Å². The average Bonchev–Trinajstić information content (AvgIpc) is 3.62. The van der Waals surface area contributed by atoms with Crippen LogP contribution in [0.1, 0.15) is 0 Å². The van der Waals surface area contributed by atoms with Crippen molar-refractivity contribution >= 4 is 21.8 Å². The van der Waals surface area contributed by atoms with Gasteiger partial charge in [-0.15, -0.1) is 0 Å². The molecule has 10 aromatic rings. The lowest BCUT2D eigenvalue weighted by Gasteiger charge is -2.14. The van der Waals surface area contributed by atoms with Crippen LogP contribution in [0.2, 0.25) is 0 Å². The highest BCUT2D eigenvalue weighted by Gasteiger charge is 2.20. The molecule has 0 aliphatic rings. The Labute approximate surface area is 319 Å². The zero-order chi connectivity index (χ0) is 36.6. The van der Waals surface area contributed by atoms with Gasteiger partial charge in [-0.1, -0.05) is 188 Å². The predicted octanol–water partition coefficient (Wildman–Crippen LogP) is 13.0. The van der Waals surface area contributed by atoms with Crippen molar-refractivity contribution in [2.45, 2.75) is 0 Å². The van der Waals surface area contributed by atoms with Crippen LogP contribution in [-0.4, -0.2) is 19.5 Å². The Kier molecular flexibility index (Phi) is 8.12. The van der Waals surface area contributed by atoms with E-state index < -0.39 is 0 Å². The van der Waals surface area contributed by atoms with E-state index in [0.717, 1.165) is 55.2 Å². The fourth-order valence-electron chi connectivity index (χ4n) is 7.59. The fourth-order valence-corrected chi connectivity index (χ4v) is 7.59. The van der Waals surface area contributed by atoms with Crippen LogP contribution >= 0.6 is 0 Å². The molecule has 0 fully saturated rings. The van der Waals surface area contributed by atoms with Crippen molar-refractivity contribution in [3.63, 3.8) is 0 Å². The second-order valence-electron chi connectivity index (χ2n) is 13.7. The van der Waals surface area contributed by atoms with Crippen LogP contribution < -0.4 is 0 Å². The average molecular weight is 703 g/mol. The fraction of sp³-hybridized carbons (Fsp3) is 0. The third-order valence-corrected chi connectivity index (χ3v) is 10.3. The van der Waals surface area contributed by atoms with E-state index in [0.29, 0.717) is 17.6 Å². The zero-order valence-corrected chi connectivity index (χ0v) is 29.9. The first-order chi connectivity index (χ1) is 27.3. The summed E-state index contributed by atoms with van der Waals surface area (Å²) in [5.74, 6) is 1.81. The maximum absolute atomic E-state index is 5.25. The molecule has 4 heteroatoms. The van der Waals surface area contributed by atoms with Crippen LogP contribution in [0.3, 0.4) is 0 Å². The molecule has 0 saturated heterocycles. The lowest BCUT2D eigenvalue weighted by Crippen LogP contribution is -2.07. The minimum Gasteiger partial charge on any atom is -0.277 e. The molecule has 0 spiro atoms. The molecule has 0 aliphatic heterocycles. The van der Waals surface area contributed by atoms with Crippen LogP contribution in [0.4, 0.5) is 0 Å². The summed E-state index contributed by atoms with van der Waals surface area (Å²) in [6.07, 6.45) is 0. The van der Waals surface area contributed by atoms with Crippen molar-refractivity contribution in [2.75, 3.05) is 0 Å². The molecule has 0 N–H and O–H groups in total. The molecule has 4 nitrogen and oxygen atoms in total. The highest BCUT2D eigenvalue weighted by Crippen LogP contribution is 2.39. The van der Waals surface area contributed by atoms with Gasteiger partial charge in [0.1, 0.15) is 0 Å². The van der Waals surface area contributed by atoms with Gasteiger partial charge in [0.05, 0.1) is 11.0 Å². The Hall–Kier alpha value is -7.43. The number of benzene rings is 8. The van der Waals surface area contributed by atoms with Crippen LogP contribution in [0.5, 0.6) is 0 Å². The standard InChI is InChI=1S/C51H34N4/c1-4-15-35(16-5-1)37-29-31-39(32-30-37)50-52-49(38-19-8-3-9-20-38)53-51(54-50)55-47-28-11-10-25-45(47)46-27-14-26-44(48(46)55)43-24-13-23-42(34-43)41-22-12-21-40(33-41)36-17-6-2-7-18-36/h1-34H. The minimum absolute atomic E-state index is 0.571. The summed E-state index contributed by atoms with van der Waals surface area (Å²) in [4.78, 5) is 15.5.